The molecule has 5 heteroatoms. The van der Waals surface area contributed by atoms with E-state index < -0.39 is 0 Å². The normalized spacial score (nSPS) is 17.2. The second-order valence-electron chi connectivity index (χ2n) is 5.13. The van der Waals surface area contributed by atoms with Crippen molar-refractivity contribution in [2.75, 3.05) is 18.5 Å². The van der Waals surface area contributed by atoms with E-state index in [1.54, 1.807) is 36.7 Å². The highest BCUT2D eigenvalue weighted by Gasteiger charge is 2.18. The number of hydrogen-bond donors (Lipinski definition) is 1. The van der Waals surface area contributed by atoms with Gasteiger partial charge in [-0.2, -0.15) is 0 Å². The largest absolute Gasteiger partial charge is 0.490 e. The fraction of sp³-hybridized carbons (Fsp3) is 0.294. The molecule has 2 heterocycles. The van der Waals surface area contributed by atoms with E-state index in [0.29, 0.717) is 23.6 Å². The molecule has 1 aromatic heterocycles. The Kier molecular flexibility index (Phi) is 4.65. The topological polar surface area (TPSA) is 60.5 Å². The van der Waals surface area contributed by atoms with Crippen LogP contribution in [0.5, 0.6) is 5.75 Å². The Morgan fingerprint density at radius 3 is 2.86 bits per heavy atom. The molecule has 1 saturated heterocycles. The number of nitrogens with zero attached hydrogens (tertiary/aromatic N) is 1. The summed E-state index contributed by atoms with van der Waals surface area (Å²) in [4.78, 5) is 16.3. The second-order valence-corrected chi connectivity index (χ2v) is 5.13. The lowest BCUT2D eigenvalue weighted by Gasteiger charge is -2.14. The first-order chi connectivity index (χ1) is 10.8. The third kappa shape index (κ3) is 3.62. The maximum absolute atomic E-state index is 12.4. The van der Waals surface area contributed by atoms with Crippen LogP contribution in [0.2, 0.25) is 0 Å². The van der Waals surface area contributed by atoms with Crippen molar-refractivity contribution in [1.29, 1.82) is 0 Å². The maximum atomic E-state index is 12.4. The lowest BCUT2D eigenvalue weighted by molar-refractivity contribution is 0.0673. The van der Waals surface area contributed by atoms with Crippen molar-refractivity contribution in [2.24, 2.45) is 0 Å². The first-order valence-electron chi connectivity index (χ1n) is 7.38. The van der Waals surface area contributed by atoms with E-state index in [0.717, 1.165) is 19.4 Å². The SMILES string of the molecule is O=C(Nc1ccncc1)c1ccccc1OCC1CCCO1. The fourth-order valence-electron chi connectivity index (χ4n) is 2.37. The first kappa shape index (κ1) is 14.5. The van der Waals surface area contributed by atoms with Gasteiger partial charge in [0.25, 0.3) is 5.91 Å². The molecule has 22 heavy (non-hydrogen) atoms. The van der Waals surface area contributed by atoms with Crippen molar-refractivity contribution < 1.29 is 14.3 Å². The second kappa shape index (κ2) is 7.04. The molecular weight excluding hydrogens is 280 g/mol. The van der Waals surface area contributed by atoms with Gasteiger partial charge >= 0.3 is 0 Å². The molecule has 5 nitrogen and oxygen atoms in total. The molecule has 1 fully saturated rings. The number of rotatable bonds is 5. The molecule has 0 radical (unpaired) electrons. The number of hydrogen-bond acceptors (Lipinski definition) is 4. The number of carbonyl (C=O) groups excluding carboxylic acids is 1. The average Bonchev–Trinajstić information content (AvgIpc) is 3.07. The van der Waals surface area contributed by atoms with Crippen molar-refractivity contribution >= 4 is 11.6 Å². The Balaban J connectivity index is 1.68. The van der Waals surface area contributed by atoms with Crippen LogP contribution in [0.25, 0.3) is 0 Å². The van der Waals surface area contributed by atoms with Gasteiger partial charge in [-0.3, -0.25) is 9.78 Å². The van der Waals surface area contributed by atoms with E-state index in [2.05, 4.69) is 10.3 Å². The molecule has 1 N–H and O–H groups in total. The highest BCUT2D eigenvalue weighted by molar-refractivity contribution is 6.06. The van der Waals surface area contributed by atoms with Crippen LogP contribution in [0, 0.1) is 0 Å². The number of amides is 1. The third-order valence-electron chi connectivity index (χ3n) is 3.52. The van der Waals surface area contributed by atoms with E-state index in [4.69, 9.17) is 9.47 Å². The summed E-state index contributed by atoms with van der Waals surface area (Å²) >= 11 is 0. The summed E-state index contributed by atoms with van der Waals surface area (Å²) < 4.78 is 11.3. The fourth-order valence-corrected chi connectivity index (χ4v) is 2.37. The van der Waals surface area contributed by atoms with E-state index in [9.17, 15) is 4.79 Å². The van der Waals surface area contributed by atoms with Gasteiger partial charge in [-0.25, -0.2) is 0 Å². The number of ether oxygens (including phenoxy) is 2. The van der Waals surface area contributed by atoms with Crippen LogP contribution in [-0.2, 0) is 4.74 Å². The lowest BCUT2D eigenvalue weighted by Crippen LogP contribution is -2.19. The molecule has 0 spiro atoms. The van der Waals surface area contributed by atoms with Crippen LogP contribution < -0.4 is 10.1 Å². The number of pyridine rings is 1. The van der Waals surface area contributed by atoms with Crippen molar-refractivity contribution in [3.05, 3.63) is 54.4 Å². The zero-order valence-corrected chi connectivity index (χ0v) is 12.2. The zero-order valence-electron chi connectivity index (χ0n) is 12.2. The van der Waals surface area contributed by atoms with Crippen LogP contribution in [0.15, 0.2) is 48.8 Å². The first-order valence-corrected chi connectivity index (χ1v) is 7.38. The summed E-state index contributed by atoms with van der Waals surface area (Å²) in [6.07, 6.45) is 5.46. The number of benzene rings is 1. The highest BCUT2D eigenvalue weighted by atomic mass is 16.5. The molecule has 3 rings (SSSR count). The van der Waals surface area contributed by atoms with E-state index in [-0.39, 0.29) is 12.0 Å². The van der Waals surface area contributed by atoms with Gasteiger partial charge in [-0.05, 0) is 37.1 Å². The van der Waals surface area contributed by atoms with Gasteiger partial charge < -0.3 is 14.8 Å². The number of aromatic nitrogens is 1. The van der Waals surface area contributed by atoms with Crippen LogP contribution in [0.4, 0.5) is 5.69 Å². The molecule has 2 aromatic rings. The third-order valence-corrected chi connectivity index (χ3v) is 3.52. The van der Waals surface area contributed by atoms with E-state index in [1.165, 1.54) is 0 Å². The van der Waals surface area contributed by atoms with Gasteiger partial charge in [0.05, 0.1) is 11.7 Å². The molecule has 0 saturated carbocycles. The minimum Gasteiger partial charge on any atom is -0.490 e. The van der Waals surface area contributed by atoms with Crippen molar-refractivity contribution in [3.63, 3.8) is 0 Å². The van der Waals surface area contributed by atoms with Gasteiger partial charge in [-0.1, -0.05) is 12.1 Å². The van der Waals surface area contributed by atoms with Gasteiger partial charge in [0, 0.05) is 24.7 Å². The quantitative estimate of drug-likeness (QED) is 0.922. The summed E-state index contributed by atoms with van der Waals surface area (Å²) in [7, 11) is 0. The predicted molar refractivity (Wildman–Crippen MR) is 83.1 cm³/mol. The van der Waals surface area contributed by atoms with Crippen molar-refractivity contribution in [1.82, 2.24) is 4.98 Å². The monoisotopic (exact) mass is 298 g/mol. The van der Waals surface area contributed by atoms with Crippen molar-refractivity contribution in [3.8, 4) is 5.75 Å². The molecule has 1 aromatic carbocycles. The standard InChI is InChI=1S/C17H18N2O3/c20-17(19-13-7-9-18-10-8-13)15-5-1-2-6-16(15)22-12-14-4-3-11-21-14/h1-2,5-10,14H,3-4,11-12H2,(H,18,19,20). The predicted octanol–water partition coefficient (Wildman–Crippen LogP) is 2.89. The van der Waals surface area contributed by atoms with Gasteiger partial charge in [0.1, 0.15) is 12.4 Å². The molecule has 1 atom stereocenters. The van der Waals surface area contributed by atoms with Crippen LogP contribution in [0.1, 0.15) is 23.2 Å². The van der Waals surface area contributed by atoms with Gasteiger partial charge in [0.2, 0.25) is 0 Å². The summed E-state index contributed by atoms with van der Waals surface area (Å²) in [5.74, 6) is 0.374. The molecule has 114 valence electrons. The van der Waals surface area contributed by atoms with Crippen molar-refractivity contribution in [2.45, 2.75) is 18.9 Å². The maximum Gasteiger partial charge on any atom is 0.259 e. The molecule has 1 aliphatic heterocycles. The molecule has 0 aliphatic carbocycles. The molecule has 1 aliphatic rings. The molecule has 0 bridgehead atoms. The van der Waals surface area contributed by atoms with E-state index >= 15 is 0 Å². The van der Waals surface area contributed by atoms with Gasteiger partial charge in [0.15, 0.2) is 0 Å². The minimum absolute atomic E-state index is 0.122. The zero-order chi connectivity index (χ0) is 15.2. The summed E-state index contributed by atoms with van der Waals surface area (Å²) in [6, 6.07) is 10.7. The van der Waals surface area contributed by atoms with Crippen LogP contribution in [-0.4, -0.2) is 30.2 Å². The van der Waals surface area contributed by atoms with Gasteiger partial charge in [-0.15, -0.1) is 0 Å². The number of para-hydroxylation sites is 1. The average molecular weight is 298 g/mol. The molecule has 1 unspecified atom stereocenters. The summed E-state index contributed by atoms with van der Waals surface area (Å²) in [6.45, 7) is 1.26. The minimum atomic E-state index is -0.200. The number of nitrogens with one attached hydrogen (secondary N) is 1. The van der Waals surface area contributed by atoms with E-state index in [1.807, 2.05) is 12.1 Å². The molecular formula is C17H18N2O3. The number of carbonyl (C=O) groups is 1. The Bertz CT molecular complexity index is 625. The Morgan fingerprint density at radius 2 is 2.09 bits per heavy atom. The van der Waals surface area contributed by atoms with Crippen LogP contribution in [0.3, 0.4) is 0 Å². The number of anilines is 1. The lowest BCUT2D eigenvalue weighted by atomic mass is 10.2. The Hall–Kier alpha value is -2.40. The summed E-state index contributed by atoms with van der Waals surface area (Å²) in [5.41, 5.74) is 1.21. The van der Waals surface area contributed by atoms with Crippen LogP contribution >= 0.6 is 0 Å². The summed E-state index contributed by atoms with van der Waals surface area (Å²) in [5, 5.41) is 2.84. The molecule has 1 amide bonds. The Morgan fingerprint density at radius 1 is 1.27 bits per heavy atom. The Labute approximate surface area is 129 Å². The highest BCUT2D eigenvalue weighted by Crippen LogP contribution is 2.21. The smallest absolute Gasteiger partial charge is 0.259 e.